The standard InChI is InChI=1S/C14H16N2OS/c18-13-15-12(16-17-13)14(9-5-2-6-10-14)11-7-3-1-4-8-11/h1,3-4,7-8H,2,5-6,9-10H2,(H,15,16,18). The molecule has 18 heavy (non-hydrogen) atoms. The highest BCUT2D eigenvalue weighted by atomic mass is 32.1. The summed E-state index contributed by atoms with van der Waals surface area (Å²) in [6.07, 6.45) is 5.96. The zero-order valence-electron chi connectivity index (χ0n) is 10.2. The summed E-state index contributed by atoms with van der Waals surface area (Å²) in [6.45, 7) is 0. The predicted octanol–water partition coefficient (Wildman–Crippen LogP) is 3.98. The largest absolute Gasteiger partial charge is 0.348 e. The lowest BCUT2D eigenvalue weighted by Gasteiger charge is -2.35. The maximum Gasteiger partial charge on any atom is 0.314 e. The smallest absolute Gasteiger partial charge is 0.314 e. The number of H-pyrrole nitrogens is 1. The first-order valence-electron chi connectivity index (χ1n) is 6.43. The lowest BCUT2D eigenvalue weighted by molar-refractivity contribution is 0.311. The molecule has 1 aliphatic carbocycles. The maximum atomic E-state index is 5.14. The van der Waals surface area contributed by atoms with Crippen molar-refractivity contribution < 1.29 is 4.52 Å². The van der Waals surface area contributed by atoms with Gasteiger partial charge in [0.1, 0.15) is 0 Å². The molecule has 0 atom stereocenters. The topological polar surface area (TPSA) is 41.8 Å². The second-order valence-electron chi connectivity index (χ2n) is 4.94. The Kier molecular flexibility index (Phi) is 3.04. The monoisotopic (exact) mass is 260 g/mol. The number of aromatic amines is 1. The number of benzene rings is 1. The summed E-state index contributed by atoms with van der Waals surface area (Å²) < 4.78 is 5.14. The van der Waals surface area contributed by atoms with Crippen molar-refractivity contribution in [2.24, 2.45) is 0 Å². The highest BCUT2D eigenvalue weighted by Crippen LogP contribution is 2.43. The van der Waals surface area contributed by atoms with Crippen LogP contribution in [0.3, 0.4) is 0 Å². The second-order valence-corrected chi connectivity index (χ2v) is 5.29. The molecule has 4 heteroatoms. The second kappa shape index (κ2) is 4.69. The third-order valence-electron chi connectivity index (χ3n) is 3.92. The van der Waals surface area contributed by atoms with Crippen molar-refractivity contribution in [1.29, 1.82) is 0 Å². The zero-order valence-corrected chi connectivity index (χ0v) is 11.0. The number of hydrogen-bond acceptors (Lipinski definition) is 3. The molecule has 2 aromatic rings. The SMILES string of the molecule is S=c1nc(C2(c3ccccc3)CCCCC2)[nH]o1. The van der Waals surface area contributed by atoms with E-state index in [1.165, 1.54) is 24.8 Å². The van der Waals surface area contributed by atoms with Crippen molar-refractivity contribution in [2.75, 3.05) is 0 Å². The van der Waals surface area contributed by atoms with E-state index in [0.717, 1.165) is 18.7 Å². The van der Waals surface area contributed by atoms with Gasteiger partial charge in [0.15, 0.2) is 5.82 Å². The van der Waals surface area contributed by atoms with Crippen molar-refractivity contribution in [3.05, 3.63) is 46.6 Å². The molecular formula is C14H16N2OS. The number of aromatic nitrogens is 2. The molecule has 0 aliphatic heterocycles. The van der Waals surface area contributed by atoms with Crippen LogP contribution in [0.4, 0.5) is 0 Å². The first kappa shape index (κ1) is 11.7. The quantitative estimate of drug-likeness (QED) is 0.830. The molecule has 0 bridgehead atoms. The van der Waals surface area contributed by atoms with Crippen molar-refractivity contribution in [3.8, 4) is 0 Å². The summed E-state index contributed by atoms with van der Waals surface area (Å²) in [4.78, 5) is 4.67. The van der Waals surface area contributed by atoms with Gasteiger partial charge in [-0.3, -0.25) is 0 Å². The summed E-state index contributed by atoms with van der Waals surface area (Å²) in [5.41, 5.74) is 1.27. The van der Waals surface area contributed by atoms with E-state index < -0.39 is 0 Å². The van der Waals surface area contributed by atoms with Crippen LogP contribution in [-0.4, -0.2) is 10.1 Å². The Morgan fingerprint density at radius 2 is 1.83 bits per heavy atom. The fraction of sp³-hybridized carbons (Fsp3) is 0.429. The molecule has 1 aliphatic rings. The highest BCUT2D eigenvalue weighted by molar-refractivity contribution is 7.71. The van der Waals surface area contributed by atoms with Crippen molar-refractivity contribution in [1.82, 2.24) is 10.1 Å². The van der Waals surface area contributed by atoms with Crippen LogP contribution >= 0.6 is 12.2 Å². The van der Waals surface area contributed by atoms with E-state index in [4.69, 9.17) is 16.7 Å². The normalized spacial score (nSPS) is 18.7. The summed E-state index contributed by atoms with van der Waals surface area (Å²) >= 11 is 4.99. The van der Waals surface area contributed by atoms with Crippen LogP contribution in [0, 0.1) is 4.84 Å². The van der Waals surface area contributed by atoms with Crippen LogP contribution in [-0.2, 0) is 5.41 Å². The van der Waals surface area contributed by atoms with E-state index in [-0.39, 0.29) is 5.41 Å². The Morgan fingerprint density at radius 1 is 1.11 bits per heavy atom. The lowest BCUT2D eigenvalue weighted by atomic mass is 9.69. The van der Waals surface area contributed by atoms with Gasteiger partial charge in [0.25, 0.3) is 0 Å². The molecular weight excluding hydrogens is 244 g/mol. The number of hydrogen-bond donors (Lipinski definition) is 1. The average molecular weight is 260 g/mol. The molecule has 0 spiro atoms. The first-order valence-corrected chi connectivity index (χ1v) is 6.84. The minimum Gasteiger partial charge on any atom is -0.348 e. The van der Waals surface area contributed by atoms with Gasteiger partial charge in [-0.2, -0.15) is 4.98 Å². The summed E-state index contributed by atoms with van der Waals surface area (Å²) in [7, 11) is 0. The van der Waals surface area contributed by atoms with Gasteiger partial charge in [-0.25, -0.2) is 5.16 Å². The van der Waals surface area contributed by atoms with Gasteiger partial charge in [-0.05, 0) is 30.6 Å². The summed E-state index contributed by atoms with van der Waals surface area (Å²) in [5.74, 6) is 0.887. The minimum absolute atomic E-state index is 0.0416. The molecule has 1 saturated carbocycles. The molecule has 0 unspecified atom stereocenters. The third kappa shape index (κ3) is 1.90. The molecule has 1 aromatic heterocycles. The third-order valence-corrected chi connectivity index (χ3v) is 4.10. The molecule has 1 heterocycles. The van der Waals surface area contributed by atoms with Crippen LogP contribution < -0.4 is 0 Å². The van der Waals surface area contributed by atoms with Crippen LogP contribution in [0.25, 0.3) is 0 Å². The van der Waals surface area contributed by atoms with Gasteiger partial charge in [-0.1, -0.05) is 49.6 Å². The van der Waals surface area contributed by atoms with Gasteiger partial charge in [0.05, 0.1) is 5.41 Å². The fourth-order valence-electron chi connectivity index (χ4n) is 3.01. The summed E-state index contributed by atoms with van der Waals surface area (Å²) in [5, 5.41) is 2.92. The lowest BCUT2D eigenvalue weighted by Crippen LogP contribution is -2.31. The van der Waals surface area contributed by atoms with E-state index >= 15 is 0 Å². The Hall–Kier alpha value is -1.42. The van der Waals surface area contributed by atoms with E-state index in [9.17, 15) is 0 Å². The van der Waals surface area contributed by atoms with Crippen LogP contribution in [0.1, 0.15) is 43.5 Å². The summed E-state index contributed by atoms with van der Waals surface area (Å²) in [6, 6.07) is 10.6. The van der Waals surface area contributed by atoms with Crippen molar-refractivity contribution >= 4 is 12.2 Å². The molecule has 3 nitrogen and oxygen atoms in total. The first-order chi connectivity index (χ1) is 8.81. The molecule has 0 saturated heterocycles. The van der Waals surface area contributed by atoms with E-state index in [2.05, 4.69) is 34.4 Å². The maximum absolute atomic E-state index is 5.14. The molecule has 1 fully saturated rings. The van der Waals surface area contributed by atoms with Gasteiger partial charge in [-0.15, -0.1) is 0 Å². The average Bonchev–Trinajstić information content (AvgIpc) is 2.88. The van der Waals surface area contributed by atoms with E-state index in [1.807, 2.05) is 6.07 Å². The van der Waals surface area contributed by atoms with Crippen LogP contribution in [0.5, 0.6) is 0 Å². The zero-order chi connectivity index (χ0) is 12.4. The molecule has 94 valence electrons. The Labute approximate surface area is 111 Å². The Morgan fingerprint density at radius 3 is 2.44 bits per heavy atom. The molecule has 0 amide bonds. The van der Waals surface area contributed by atoms with Gasteiger partial charge < -0.3 is 4.52 Å². The minimum atomic E-state index is -0.0416. The molecule has 1 N–H and O–H groups in total. The van der Waals surface area contributed by atoms with Crippen LogP contribution in [0.2, 0.25) is 0 Å². The van der Waals surface area contributed by atoms with Crippen molar-refractivity contribution in [2.45, 2.75) is 37.5 Å². The predicted molar refractivity (Wildman–Crippen MR) is 72.0 cm³/mol. The van der Waals surface area contributed by atoms with E-state index in [0.29, 0.717) is 4.84 Å². The number of rotatable bonds is 2. The fourth-order valence-corrected chi connectivity index (χ4v) is 3.14. The van der Waals surface area contributed by atoms with Gasteiger partial charge in [0.2, 0.25) is 0 Å². The van der Waals surface area contributed by atoms with Crippen LogP contribution in [0.15, 0.2) is 34.9 Å². The number of nitrogens with zero attached hydrogens (tertiary/aromatic N) is 1. The van der Waals surface area contributed by atoms with Gasteiger partial charge in [0, 0.05) is 0 Å². The molecule has 3 rings (SSSR count). The molecule has 0 radical (unpaired) electrons. The van der Waals surface area contributed by atoms with Gasteiger partial charge >= 0.3 is 4.84 Å². The molecule has 1 aromatic carbocycles. The number of nitrogens with one attached hydrogen (secondary N) is 1. The van der Waals surface area contributed by atoms with E-state index in [1.54, 1.807) is 0 Å². The Bertz CT molecular complexity index is 567. The Balaban J connectivity index is 2.12. The highest BCUT2D eigenvalue weighted by Gasteiger charge is 2.38. The van der Waals surface area contributed by atoms with Crippen molar-refractivity contribution in [3.63, 3.8) is 0 Å².